The average Bonchev–Trinajstić information content (AvgIpc) is 3.10. The van der Waals surface area contributed by atoms with Gasteiger partial charge in [-0.1, -0.05) is 36.9 Å². The van der Waals surface area contributed by atoms with E-state index in [0.717, 1.165) is 0 Å². The zero-order chi connectivity index (χ0) is 10.7. The Morgan fingerprint density at radius 1 is 1.40 bits per heavy atom. The van der Waals surface area contributed by atoms with Gasteiger partial charge in [-0.2, -0.15) is 0 Å². The van der Waals surface area contributed by atoms with Crippen LogP contribution in [-0.2, 0) is 4.79 Å². The van der Waals surface area contributed by atoms with Gasteiger partial charge in [0.05, 0.1) is 6.04 Å². The van der Waals surface area contributed by atoms with E-state index in [9.17, 15) is 4.79 Å². The highest BCUT2D eigenvalue weighted by Crippen LogP contribution is 2.40. The molecule has 0 radical (unpaired) electrons. The molecule has 1 N–H and O–H groups in total. The molecule has 0 spiro atoms. The van der Waals surface area contributed by atoms with E-state index in [1.54, 1.807) is 0 Å². The number of hydrogen-bond acceptors (Lipinski definition) is 1. The first-order chi connectivity index (χ1) is 7.31. The van der Waals surface area contributed by atoms with Gasteiger partial charge in [-0.05, 0) is 30.4 Å². The van der Waals surface area contributed by atoms with Crippen molar-refractivity contribution in [2.24, 2.45) is 5.92 Å². The molecule has 1 aromatic carbocycles. The lowest BCUT2D eigenvalue weighted by atomic mass is 10.0. The van der Waals surface area contributed by atoms with Crippen LogP contribution in [0.25, 0.3) is 0 Å². The van der Waals surface area contributed by atoms with E-state index in [1.807, 2.05) is 18.2 Å². The smallest absolute Gasteiger partial charge is 0.243 e. The number of carbonyl (C=O) groups is 1. The Morgan fingerprint density at radius 2 is 2.07 bits per heavy atom. The fourth-order valence-corrected chi connectivity index (χ4v) is 1.78. The van der Waals surface area contributed by atoms with Crippen molar-refractivity contribution in [3.05, 3.63) is 48.6 Å². The van der Waals surface area contributed by atoms with Crippen LogP contribution in [0, 0.1) is 5.92 Å². The fraction of sp³-hybridized carbons (Fsp3) is 0.308. The lowest BCUT2D eigenvalue weighted by Gasteiger charge is -2.17. The normalized spacial score (nSPS) is 16.8. The first kappa shape index (κ1) is 9.97. The van der Waals surface area contributed by atoms with Crippen molar-refractivity contribution >= 4 is 5.91 Å². The molecule has 1 aliphatic carbocycles. The average molecular weight is 201 g/mol. The van der Waals surface area contributed by atoms with Crippen LogP contribution in [-0.4, -0.2) is 5.91 Å². The summed E-state index contributed by atoms with van der Waals surface area (Å²) < 4.78 is 0. The molecule has 2 rings (SSSR count). The van der Waals surface area contributed by atoms with Gasteiger partial charge in [0.15, 0.2) is 0 Å². The molecule has 1 aliphatic rings. The van der Waals surface area contributed by atoms with Crippen molar-refractivity contribution in [2.45, 2.75) is 18.9 Å². The Morgan fingerprint density at radius 3 is 2.60 bits per heavy atom. The molecule has 1 unspecified atom stereocenters. The molecule has 1 aromatic rings. The number of benzene rings is 1. The predicted molar refractivity (Wildman–Crippen MR) is 60.2 cm³/mol. The summed E-state index contributed by atoms with van der Waals surface area (Å²) in [5, 5.41) is 2.99. The van der Waals surface area contributed by atoms with Gasteiger partial charge in [0.25, 0.3) is 0 Å². The van der Waals surface area contributed by atoms with Crippen molar-refractivity contribution in [3.63, 3.8) is 0 Å². The van der Waals surface area contributed by atoms with Gasteiger partial charge in [0.2, 0.25) is 5.91 Å². The largest absolute Gasteiger partial charge is 0.345 e. The Kier molecular flexibility index (Phi) is 2.86. The quantitative estimate of drug-likeness (QED) is 0.745. The van der Waals surface area contributed by atoms with E-state index in [2.05, 4.69) is 24.0 Å². The summed E-state index contributed by atoms with van der Waals surface area (Å²) in [7, 11) is 0. The maximum Gasteiger partial charge on any atom is 0.243 e. The van der Waals surface area contributed by atoms with Gasteiger partial charge in [-0.25, -0.2) is 0 Å². The van der Waals surface area contributed by atoms with E-state index in [-0.39, 0.29) is 11.9 Å². The molecule has 0 bridgehead atoms. The van der Waals surface area contributed by atoms with Crippen molar-refractivity contribution in [1.82, 2.24) is 5.32 Å². The van der Waals surface area contributed by atoms with E-state index < -0.39 is 0 Å². The topological polar surface area (TPSA) is 29.1 Å². The Bertz CT molecular complexity index is 354. The van der Waals surface area contributed by atoms with Crippen molar-refractivity contribution in [3.8, 4) is 0 Å². The Hall–Kier alpha value is -1.57. The summed E-state index contributed by atoms with van der Waals surface area (Å²) in [5.74, 6) is 0.520. The molecule has 2 heteroatoms. The second kappa shape index (κ2) is 4.30. The molecular weight excluding hydrogens is 186 g/mol. The molecule has 0 aliphatic heterocycles. The summed E-state index contributed by atoms with van der Waals surface area (Å²) in [6.07, 6.45) is 3.74. The van der Waals surface area contributed by atoms with Gasteiger partial charge < -0.3 is 5.32 Å². The summed E-state index contributed by atoms with van der Waals surface area (Å²) in [5.41, 5.74) is 1.19. The van der Waals surface area contributed by atoms with Crippen molar-refractivity contribution < 1.29 is 4.79 Å². The van der Waals surface area contributed by atoms with Crippen LogP contribution < -0.4 is 5.32 Å². The molecule has 1 fully saturated rings. The summed E-state index contributed by atoms with van der Waals surface area (Å²) >= 11 is 0. The molecule has 78 valence electrons. The van der Waals surface area contributed by atoms with Crippen LogP contribution in [0.5, 0.6) is 0 Å². The minimum absolute atomic E-state index is 0.0873. The van der Waals surface area contributed by atoms with Gasteiger partial charge in [0.1, 0.15) is 0 Å². The monoisotopic (exact) mass is 201 g/mol. The molecule has 1 atom stereocenters. The van der Waals surface area contributed by atoms with Crippen LogP contribution in [0.15, 0.2) is 43.0 Å². The molecule has 0 heterocycles. The van der Waals surface area contributed by atoms with Gasteiger partial charge in [0, 0.05) is 0 Å². The highest BCUT2D eigenvalue weighted by atomic mass is 16.1. The number of nitrogens with one attached hydrogen (secondary N) is 1. The molecule has 0 aromatic heterocycles. The van der Waals surface area contributed by atoms with Crippen LogP contribution in [0.1, 0.15) is 24.4 Å². The van der Waals surface area contributed by atoms with E-state index in [1.165, 1.54) is 24.5 Å². The molecule has 0 saturated heterocycles. The van der Waals surface area contributed by atoms with Gasteiger partial charge in [-0.3, -0.25) is 4.79 Å². The van der Waals surface area contributed by atoms with Crippen LogP contribution in [0.2, 0.25) is 0 Å². The highest BCUT2D eigenvalue weighted by Gasteiger charge is 2.32. The number of amides is 1. The Labute approximate surface area is 90.0 Å². The van der Waals surface area contributed by atoms with Gasteiger partial charge >= 0.3 is 0 Å². The second-order valence-electron chi connectivity index (χ2n) is 3.94. The molecule has 15 heavy (non-hydrogen) atoms. The first-order valence-corrected chi connectivity index (χ1v) is 5.29. The number of hydrogen-bond donors (Lipinski definition) is 1. The van der Waals surface area contributed by atoms with E-state index >= 15 is 0 Å². The van der Waals surface area contributed by atoms with Crippen molar-refractivity contribution in [1.29, 1.82) is 0 Å². The molecule has 1 saturated carbocycles. The van der Waals surface area contributed by atoms with Crippen LogP contribution in [0.3, 0.4) is 0 Å². The zero-order valence-corrected chi connectivity index (χ0v) is 8.65. The minimum atomic E-state index is -0.0873. The number of carbonyl (C=O) groups excluding carboxylic acids is 1. The third-order valence-corrected chi connectivity index (χ3v) is 2.74. The second-order valence-corrected chi connectivity index (χ2v) is 3.94. The van der Waals surface area contributed by atoms with Crippen LogP contribution in [0.4, 0.5) is 0 Å². The molecule has 2 nitrogen and oxygen atoms in total. The van der Waals surface area contributed by atoms with Crippen molar-refractivity contribution in [2.75, 3.05) is 0 Å². The molecule has 1 amide bonds. The number of rotatable bonds is 4. The third-order valence-electron chi connectivity index (χ3n) is 2.74. The fourth-order valence-electron chi connectivity index (χ4n) is 1.78. The first-order valence-electron chi connectivity index (χ1n) is 5.29. The minimum Gasteiger partial charge on any atom is -0.345 e. The third kappa shape index (κ3) is 2.46. The SMILES string of the molecule is C=CC(=O)NC(c1ccccc1)C1CC1. The standard InChI is InChI=1S/C13H15NO/c1-2-12(15)14-13(11-8-9-11)10-6-4-3-5-7-10/h2-7,11,13H,1,8-9H2,(H,14,15). The lowest BCUT2D eigenvalue weighted by Crippen LogP contribution is -2.28. The summed E-state index contributed by atoms with van der Waals surface area (Å²) in [6, 6.07) is 10.3. The maximum absolute atomic E-state index is 11.3. The Balaban J connectivity index is 2.13. The summed E-state index contributed by atoms with van der Waals surface area (Å²) in [4.78, 5) is 11.3. The zero-order valence-electron chi connectivity index (χ0n) is 8.65. The lowest BCUT2D eigenvalue weighted by molar-refractivity contribution is -0.117. The summed E-state index contributed by atoms with van der Waals surface area (Å²) in [6.45, 7) is 3.48. The van der Waals surface area contributed by atoms with Crippen LogP contribution >= 0.6 is 0 Å². The predicted octanol–water partition coefficient (Wildman–Crippen LogP) is 2.44. The van der Waals surface area contributed by atoms with E-state index in [0.29, 0.717) is 5.92 Å². The van der Waals surface area contributed by atoms with E-state index in [4.69, 9.17) is 0 Å². The highest BCUT2D eigenvalue weighted by molar-refractivity contribution is 5.87. The van der Waals surface area contributed by atoms with Gasteiger partial charge in [-0.15, -0.1) is 0 Å². The maximum atomic E-state index is 11.3. The molecular formula is C13H15NO.